The molecule has 2 atom stereocenters. The molecular weight excluding hydrogens is 388 g/mol. The van der Waals surface area contributed by atoms with Crippen molar-refractivity contribution in [2.24, 2.45) is 0 Å². The molecule has 0 amide bonds. The standard InChI is InChI=1S/C19H27ClN2O4S/c1-3-22-14-16(13-17(22)7-5-4-6-8-19(23)26-2)21-27(24,25)18-11-9-15(20)10-12-18/h5,7,9-12,16-17,21H,3-4,6,8,13-14H2,1-2H3/t16-,17-/m1/s1. The van der Waals surface area contributed by atoms with Gasteiger partial charge in [0.2, 0.25) is 10.0 Å². The van der Waals surface area contributed by atoms with E-state index in [4.69, 9.17) is 11.6 Å². The molecule has 6 nitrogen and oxygen atoms in total. The van der Waals surface area contributed by atoms with Gasteiger partial charge < -0.3 is 4.74 Å². The van der Waals surface area contributed by atoms with Crippen LogP contribution in [0.5, 0.6) is 0 Å². The Morgan fingerprint density at radius 2 is 2.07 bits per heavy atom. The van der Waals surface area contributed by atoms with Crippen LogP contribution in [0.3, 0.4) is 0 Å². The molecule has 0 radical (unpaired) electrons. The summed E-state index contributed by atoms with van der Waals surface area (Å²) in [4.78, 5) is 13.6. The summed E-state index contributed by atoms with van der Waals surface area (Å²) >= 11 is 5.83. The van der Waals surface area contributed by atoms with Crippen LogP contribution in [-0.2, 0) is 19.6 Å². The highest BCUT2D eigenvalue weighted by Crippen LogP contribution is 2.22. The fourth-order valence-electron chi connectivity index (χ4n) is 3.20. The number of likely N-dealkylation sites (tertiary alicyclic amines) is 1. The minimum absolute atomic E-state index is 0.143. The molecular formula is C19H27ClN2O4S. The predicted octanol–water partition coefficient (Wildman–Crippen LogP) is 2.98. The van der Waals surface area contributed by atoms with E-state index in [-0.39, 0.29) is 22.9 Å². The van der Waals surface area contributed by atoms with Crippen molar-refractivity contribution in [1.82, 2.24) is 9.62 Å². The second-order valence-corrected chi connectivity index (χ2v) is 8.71. The molecule has 0 unspecified atom stereocenters. The average Bonchev–Trinajstić information content (AvgIpc) is 3.02. The summed E-state index contributed by atoms with van der Waals surface area (Å²) in [5, 5.41) is 0.504. The smallest absolute Gasteiger partial charge is 0.305 e. The number of esters is 1. The SMILES string of the molecule is CCN1C[C@H](NS(=O)(=O)c2ccc(Cl)cc2)C[C@H]1C=CCCCC(=O)OC. The van der Waals surface area contributed by atoms with Gasteiger partial charge in [-0.05, 0) is 50.1 Å². The Morgan fingerprint density at radius 1 is 1.37 bits per heavy atom. The number of hydrogen-bond donors (Lipinski definition) is 1. The predicted molar refractivity (Wildman–Crippen MR) is 106 cm³/mol. The number of likely N-dealkylation sites (N-methyl/N-ethyl adjacent to an activating group) is 1. The summed E-state index contributed by atoms with van der Waals surface area (Å²) in [6.45, 7) is 3.57. The maximum Gasteiger partial charge on any atom is 0.305 e. The van der Waals surface area contributed by atoms with Crippen molar-refractivity contribution in [3.63, 3.8) is 0 Å². The first-order chi connectivity index (χ1) is 12.9. The molecule has 0 saturated carbocycles. The number of nitrogens with zero attached hydrogens (tertiary/aromatic N) is 1. The molecule has 1 aromatic carbocycles. The van der Waals surface area contributed by atoms with E-state index in [1.165, 1.54) is 19.2 Å². The molecule has 8 heteroatoms. The van der Waals surface area contributed by atoms with E-state index in [9.17, 15) is 13.2 Å². The Bertz CT molecular complexity index is 749. The number of hydrogen-bond acceptors (Lipinski definition) is 5. The van der Waals surface area contributed by atoms with E-state index in [0.717, 1.165) is 19.4 Å². The Balaban J connectivity index is 1.91. The number of methoxy groups -OCH3 is 1. The van der Waals surface area contributed by atoms with Crippen LogP contribution in [0, 0.1) is 0 Å². The zero-order chi connectivity index (χ0) is 19.9. The number of ether oxygens (including phenoxy) is 1. The highest BCUT2D eigenvalue weighted by molar-refractivity contribution is 7.89. The van der Waals surface area contributed by atoms with Crippen molar-refractivity contribution < 1.29 is 17.9 Å². The van der Waals surface area contributed by atoms with Crippen LogP contribution in [0.1, 0.15) is 32.6 Å². The number of carbonyl (C=O) groups is 1. The lowest BCUT2D eigenvalue weighted by atomic mass is 10.1. The summed E-state index contributed by atoms with van der Waals surface area (Å²) in [6, 6.07) is 6.21. The molecule has 27 heavy (non-hydrogen) atoms. The Kier molecular flexibility index (Phi) is 8.28. The highest BCUT2D eigenvalue weighted by Gasteiger charge is 2.32. The average molecular weight is 415 g/mol. The van der Waals surface area contributed by atoms with Crippen molar-refractivity contribution >= 4 is 27.6 Å². The molecule has 0 aliphatic carbocycles. The lowest BCUT2D eigenvalue weighted by Gasteiger charge is -2.19. The lowest BCUT2D eigenvalue weighted by Crippen LogP contribution is -2.37. The molecule has 1 aromatic rings. The van der Waals surface area contributed by atoms with Gasteiger partial charge in [0.25, 0.3) is 0 Å². The van der Waals surface area contributed by atoms with Gasteiger partial charge in [-0.15, -0.1) is 0 Å². The zero-order valence-electron chi connectivity index (χ0n) is 15.7. The maximum absolute atomic E-state index is 12.6. The van der Waals surface area contributed by atoms with Crippen LogP contribution in [0.2, 0.25) is 5.02 Å². The van der Waals surface area contributed by atoms with Crippen molar-refractivity contribution in [1.29, 1.82) is 0 Å². The summed E-state index contributed by atoms with van der Waals surface area (Å²) in [6.07, 6.45) is 6.84. The summed E-state index contributed by atoms with van der Waals surface area (Å²) in [5.41, 5.74) is 0. The monoisotopic (exact) mass is 414 g/mol. The van der Waals surface area contributed by atoms with Gasteiger partial charge in [0, 0.05) is 30.1 Å². The zero-order valence-corrected chi connectivity index (χ0v) is 17.3. The normalized spacial score (nSPS) is 21.0. The molecule has 1 saturated heterocycles. The molecule has 0 spiro atoms. The molecule has 1 aliphatic rings. The molecule has 1 aliphatic heterocycles. The molecule has 1 N–H and O–H groups in total. The van der Waals surface area contributed by atoms with Crippen LogP contribution in [-0.4, -0.2) is 51.6 Å². The van der Waals surface area contributed by atoms with E-state index < -0.39 is 10.0 Å². The molecule has 2 rings (SSSR count). The number of allylic oxidation sites excluding steroid dienone is 1. The topological polar surface area (TPSA) is 75.7 Å². The van der Waals surface area contributed by atoms with Crippen LogP contribution in [0.4, 0.5) is 0 Å². The first-order valence-electron chi connectivity index (χ1n) is 9.11. The number of sulfonamides is 1. The molecule has 0 aromatic heterocycles. The number of unbranched alkanes of at least 4 members (excludes halogenated alkanes) is 1. The minimum atomic E-state index is -3.57. The number of rotatable bonds is 9. The van der Waals surface area contributed by atoms with Crippen molar-refractivity contribution in [3.05, 3.63) is 41.4 Å². The van der Waals surface area contributed by atoms with Crippen LogP contribution in [0.15, 0.2) is 41.3 Å². The van der Waals surface area contributed by atoms with E-state index in [0.29, 0.717) is 24.4 Å². The fourth-order valence-corrected chi connectivity index (χ4v) is 4.57. The van der Waals surface area contributed by atoms with Crippen LogP contribution < -0.4 is 4.72 Å². The van der Waals surface area contributed by atoms with Gasteiger partial charge in [-0.2, -0.15) is 0 Å². The second kappa shape index (κ2) is 10.2. The highest BCUT2D eigenvalue weighted by atomic mass is 35.5. The minimum Gasteiger partial charge on any atom is -0.469 e. The van der Waals surface area contributed by atoms with E-state index in [2.05, 4.69) is 33.4 Å². The van der Waals surface area contributed by atoms with Gasteiger partial charge in [0.1, 0.15) is 0 Å². The largest absolute Gasteiger partial charge is 0.469 e. The number of halogens is 1. The van der Waals surface area contributed by atoms with Gasteiger partial charge in [-0.25, -0.2) is 13.1 Å². The third-order valence-electron chi connectivity index (χ3n) is 4.64. The Morgan fingerprint density at radius 3 is 2.70 bits per heavy atom. The Labute approximate surface area is 166 Å². The van der Waals surface area contributed by atoms with Crippen LogP contribution in [0.25, 0.3) is 0 Å². The van der Waals surface area contributed by atoms with Gasteiger partial charge in [0.05, 0.1) is 12.0 Å². The third-order valence-corrected chi connectivity index (χ3v) is 6.43. The quantitative estimate of drug-likeness (QED) is 0.382. The Hall–Kier alpha value is -1.41. The lowest BCUT2D eigenvalue weighted by molar-refractivity contribution is -0.140. The second-order valence-electron chi connectivity index (χ2n) is 6.56. The van der Waals surface area contributed by atoms with Crippen LogP contribution >= 0.6 is 11.6 Å². The van der Waals surface area contributed by atoms with Crippen molar-refractivity contribution in [2.45, 2.75) is 49.6 Å². The summed E-state index contributed by atoms with van der Waals surface area (Å²) in [7, 11) is -2.18. The van der Waals surface area contributed by atoms with E-state index in [1.54, 1.807) is 12.1 Å². The van der Waals surface area contributed by atoms with Gasteiger partial charge in [0.15, 0.2) is 0 Å². The van der Waals surface area contributed by atoms with E-state index >= 15 is 0 Å². The summed E-state index contributed by atoms with van der Waals surface area (Å²) in [5.74, 6) is -0.198. The van der Waals surface area contributed by atoms with Gasteiger partial charge >= 0.3 is 5.97 Å². The first kappa shape index (κ1) is 21.9. The molecule has 1 fully saturated rings. The van der Waals surface area contributed by atoms with Crippen molar-refractivity contribution in [2.75, 3.05) is 20.2 Å². The van der Waals surface area contributed by atoms with Crippen molar-refractivity contribution in [3.8, 4) is 0 Å². The van der Waals surface area contributed by atoms with Gasteiger partial charge in [-0.1, -0.05) is 30.7 Å². The maximum atomic E-state index is 12.6. The molecule has 0 bridgehead atoms. The molecule has 1 heterocycles. The van der Waals surface area contributed by atoms with Gasteiger partial charge in [-0.3, -0.25) is 9.69 Å². The molecule has 150 valence electrons. The number of nitrogens with one attached hydrogen (secondary N) is 1. The fraction of sp³-hybridized carbons (Fsp3) is 0.526. The first-order valence-corrected chi connectivity index (χ1v) is 11.0. The summed E-state index contributed by atoms with van der Waals surface area (Å²) < 4.78 is 32.5. The van der Waals surface area contributed by atoms with E-state index in [1.807, 2.05) is 0 Å². The number of benzene rings is 1. The third kappa shape index (κ3) is 6.60. The number of carbonyl (C=O) groups excluding carboxylic acids is 1.